The Bertz CT molecular complexity index is 1180. The number of halogens is 1. The molecule has 3 aromatic carbocycles. The third kappa shape index (κ3) is 3.89. The van der Waals surface area contributed by atoms with E-state index in [9.17, 15) is 9.18 Å². The SMILES string of the molecule is CCN(CC)c1ccc(-c2nc3cc(NC(=O)c4ccccc4F)ccc3o2)cc1. The van der Waals surface area contributed by atoms with Crippen LogP contribution in [0.3, 0.4) is 0 Å². The van der Waals surface area contributed by atoms with Gasteiger partial charge in [-0.05, 0) is 68.4 Å². The second-order valence-electron chi connectivity index (χ2n) is 6.85. The third-order valence-corrected chi connectivity index (χ3v) is 5.01. The van der Waals surface area contributed by atoms with Crippen LogP contribution in [0.1, 0.15) is 24.2 Å². The van der Waals surface area contributed by atoms with Crippen molar-refractivity contribution in [3.8, 4) is 11.5 Å². The fraction of sp³-hybridized carbons (Fsp3) is 0.167. The van der Waals surface area contributed by atoms with Gasteiger partial charge in [-0.1, -0.05) is 12.1 Å². The highest BCUT2D eigenvalue weighted by Gasteiger charge is 2.13. The number of carbonyl (C=O) groups is 1. The number of benzene rings is 3. The van der Waals surface area contributed by atoms with E-state index in [-0.39, 0.29) is 5.56 Å². The summed E-state index contributed by atoms with van der Waals surface area (Å²) in [6, 6.07) is 19.1. The summed E-state index contributed by atoms with van der Waals surface area (Å²) in [5.41, 5.74) is 3.77. The molecule has 6 heteroatoms. The fourth-order valence-corrected chi connectivity index (χ4v) is 3.38. The monoisotopic (exact) mass is 403 g/mol. The largest absolute Gasteiger partial charge is 0.436 e. The van der Waals surface area contributed by atoms with Gasteiger partial charge in [-0.2, -0.15) is 0 Å². The van der Waals surface area contributed by atoms with E-state index < -0.39 is 11.7 Å². The number of rotatable bonds is 6. The molecular formula is C24H22FN3O2. The lowest BCUT2D eigenvalue weighted by Gasteiger charge is -2.20. The first-order valence-electron chi connectivity index (χ1n) is 9.91. The minimum absolute atomic E-state index is 0.00766. The van der Waals surface area contributed by atoms with Gasteiger partial charge in [0.15, 0.2) is 5.58 Å². The average molecular weight is 403 g/mol. The van der Waals surface area contributed by atoms with Crippen LogP contribution in [0.15, 0.2) is 71.1 Å². The van der Waals surface area contributed by atoms with Crippen molar-refractivity contribution < 1.29 is 13.6 Å². The minimum atomic E-state index is -0.562. The molecule has 152 valence electrons. The molecule has 0 spiro atoms. The Hall–Kier alpha value is -3.67. The molecular weight excluding hydrogens is 381 g/mol. The van der Waals surface area contributed by atoms with E-state index in [2.05, 4.69) is 41.2 Å². The summed E-state index contributed by atoms with van der Waals surface area (Å²) in [5, 5.41) is 2.71. The Kier molecular flexibility index (Phi) is 5.48. The Balaban J connectivity index is 1.57. The molecule has 0 bridgehead atoms. The summed E-state index contributed by atoms with van der Waals surface area (Å²) < 4.78 is 19.7. The number of nitrogens with zero attached hydrogens (tertiary/aromatic N) is 2. The molecule has 1 amide bonds. The van der Waals surface area contributed by atoms with Crippen LogP contribution in [0.2, 0.25) is 0 Å². The van der Waals surface area contributed by atoms with Crippen molar-refractivity contribution in [1.29, 1.82) is 0 Å². The lowest BCUT2D eigenvalue weighted by molar-refractivity contribution is 0.102. The predicted molar refractivity (Wildman–Crippen MR) is 117 cm³/mol. The first kappa shape index (κ1) is 19.6. The molecule has 0 aliphatic heterocycles. The normalized spacial score (nSPS) is 10.9. The molecule has 1 N–H and O–H groups in total. The molecule has 4 aromatic rings. The van der Waals surface area contributed by atoms with E-state index in [0.29, 0.717) is 22.7 Å². The van der Waals surface area contributed by atoms with Crippen LogP contribution in [0.4, 0.5) is 15.8 Å². The Morgan fingerprint density at radius 1 is 1.03 bits per heavy atom. The maximum absolute atomic E-state index is 13.8. The summed E-state index contributed by atoms with van der Waals surface area (Å²) in [6.07, 6.45) is 0. The molecule has 0 radical (unpaired) electrons. The van der Waals surface area contributed by atoms with Crippen LogP contribution < -0.4 is 10.2 Å². The first-order valence-corrected chi connectivity index (χ1v) is 9.91. The summed E-state index contributed by atoms with van der Waals surface area (Å²) >= 11 is 0. The smallest absolute Gasteiger partial charge is 0.258 e. The summed E-state index contributed by atoms with van der Waals surface area (Å²) in [7, 11) is 0. The number of nitrogens with one attached hydrogen (secondary N) is 1. The van der Waals surface area contributed by atoms with Gasteiger partial charge in [-0.3, -0.25) is 4.79 Å². The number of carbonyl (C=O) groups excluding carboxylic acids is 1. The number of anilines is 2. The summed E-state index contributed by atoms with van der Waals surface area (Å²) in [4.78, 5) is 19.1. The van der Waals surface area contributed by atoms with Gasteiger partial charge in [0.1, 0.15) is 11.3 Å². The summed E-state index contributed by atoms with van der Waals surface area (Å²) in [6.45, 7) is 6.14. The van der Waals surface area contributed by atoms with Crippen molar-refractivity contribution in [1.82, 2.24) is 4.98 Å². The van der Waals surface area contributed by atoms with E-state index in [4.69, 9.17) is 4.42 Å². The molecule has 0 aliphatic rings. The van der Waals surface area contributed by atoms with Crippen molar-refractivity contribution in [2.45, 2.75) is 13.8 Å². The van der Waals surface area contributed by atoms with Crippen molar-refractivity contribution in [3.63, 3.8) is 0 Å². The highest BCUT2D eigenvalue weighted by molar-refractivity contribution is 6.05. The maximum atomic E-state index is 13.8. The Morgan fingerprint density at radius 2 is 1.77 bits per heavy atom. The van der Waals surface area contributed by atoms with Gasteiger partial charge in [0.2, 0.25) is 5.89 Å². The minimum Gasteiger partial charge on any atom is -0.436 e. The van der Waals surface area contributed by atoms with Crippen LogP contribution in [-0.2, 0) is 0 Å². The number of oxazole rings is 1. The van der Waals surface area contributed by atoms with Crippen LogP contribution >= 0.6 is 0 Å². The first-order chi connectivity index (χ1) is 14.6. The maximum Gasteiger partial charge on any atom is 0.258 e. The van der Waals surface area contributed by atoms with Crippen molar-refractivity contribution >= 4 is 28.4 Å². The molecule has 1 aromatic heterocycles. The van der Waals surface area contributed by atoms with E-state index in [1.165, 1.54) is 12.1 Å². The number of fused-ring (bicyclic) bond motifs is 1. The van der Waals surface area contributed by atoms with Gasteiger partial charge in [0, 0.05) is 30.0 Å². The van der Waals surface area contributed by atoms with Crippen LogP contribution in [0.25, 0.3) is 22.6 Å². The molecule has 0 aliphatic carbocycles. The molecule has 0 unspecified atom stereocenters. The molecule has 5 nitrogen and oxygen atoms in total. The van der Waals surface area contributed by atoms with E-state index >= 15 is 0 Å². The molecule has 1 heterocycles. The van der Waals surface area contributed by atoms with Gasteiger partial charge in [-0.25, -0.2) is 9.37 Å². The topological polar surface area (TPSA) is 58.4 Å². The second kappa shape index (κ2) is 8.37. The quantitative estimate of drug-likeness (QED) is 0.446. The number of amides is 1. The van der Waals surface area contributed by atoms with Crippen LogP contribution in [-0.4, -0.2) is 24.0 Å². The molecule has 0 saturated heterocycles. The third-order valence-electron chi connectivity index (χ3n) is 5.01. The highest BCUT2D eigenvalue weighted by atomic mass is 19.1. The van der Waals surface area contributed by atoms with E-state index in [1.54, 1.807) is 30.3 Å². The summed E-state index contributed by atoms with van der Waals surface area (Å²) in [5.74, 6) is -0.565. The standard InChI is InChI=1S/C24H22FN3O2/c1-3-28(4-2)18-12-9-16(10-13-18)24-27-21-15-17(11-14-22(21)30-24)26-23(29)19-7-5-6-8-20(19)25/h5-15H,3-4H2,1-2H3,(H,26,29). The molecule has 0 atom stereocenters. The number of aromatic nitrogens is 1. The van der Waals surface area contributed by atoms with Crippen molar-refractivity contribution in [2.75, 3.05) is 23.3 Å². The zero-order valence-corrected chi connectivity index (χ0v) is 16.9. The number of hydrogen-bond acceptors (Lipinski definition) is 4. The van der Waals surface area contributed by atoms with Gasteiger partial charge in [0.25, 0.3) is 5.91 Å². The average Bonchev–Trinajstić information content (AvgIpc) is 3.19. The zero-order chi connectivity index (χ0) is 21.1. The lowest BCUT2D eigenvalue weighted by Crippen LogP contribution is -2.21. The Morgan fingerprint density at radius 3 is 2.47 bits per heavy atom. The molecule has 0 fully saturated rings. The van der Waals surface area contributed by atoms with Gasteiger partial charge in [0.05, 0.1) is 5.56 Å². The molecule has 0 saturated carbocycles. The molecule has 4 rings (SSSR count). The molecule has 30 heavy (non-hydrogen) atoms. The lowest BCUT2D eigenvalue weighted by atomic mass is 10.2. The van der Waals surface area contributed by atoms with Crippen molar-refractivity contribution in [2.24, 2.45) is 0 Å². The highest BCUT2D eigenvalue weighted by Crippen LogP contribution is 2.28. The van der Waals surface area contributed by atoms with Gasteiger partial charge >= 0.3 is 0 Å². The fourth-order valence-electron chi connectivity index (χ4n) is 3.38. The van der Waals surface area contributed by atoms with Gasteiger partial charge in [-0.15, -0.1) is 0 Å². The number of hydrogen-bond donors (Lipinski definition) is 1. The Labute approximate surface area is 174 Å². The van der Waals surface area contributed by atoms with Crippen LogP contribution in [0, 0.1) is 5.82 Å². The van der Waals surface area contributed by atoms with Crippen molar-refractivity contribution in [3.05, 3.63) is 78.1 Å². The van der Waals surface area contributed by atoms with E-state index in [0.717, 1.165) is 24.3 Å². The zero-order valence-electron chi connectivity index (χ0n) is 16.9. The predicted octanol–water partition coefficient (Wildman–Crippen LogP) is 5.73. The van der Waals surface area contributed by atoms with E-state index in [1.807, 2.05) is 12.1 Å². The second-order valence-corrected chi connectivity index (χ2v) is 6.85. The van der Waals surface area contributed by atoms with Gasteiger partial charge < -0.3 is 14.6 Å². The van der Waals surface area contributed by atoms with Crippen LogP contribution in [0.5, 0.6) is 0 Å².